The molecule has 7 nitrogen and oxygen atoms in total. The number of nitrogens with zero attached hydrogens (tertiary/aromatic N) is 1. The number of hydrogen-bond donors (Lipinski definition) is 2. The molecule has 0 aliphatic heterocycles. The third kappa shape index (κ3) is 7.60. The SMILES string of the molecule is C=Cc1cccc(C(C(=O)NC(C)C)N(C)C(=O)C(C)NC(=O)OC(C)(C)C)c1. The number of alkyl carbamates (subject to hydrolysis) is 1. The lowest BCUT2D eigenvalue weighted by Gasteiger charge is -2.31. The van der Waals surface area contributed by atoms with E-state index in [2.05, 4.69) is 17.2 Å². The highest BCUT2D eigenvalue weighted by atomic mass is 16.6. The Hall–Kier alpha value is -2.83. The average Bonchev–Trinajstić information content (AvgIpc) is 2.58. The number of likely N-dealkylation sites (N-methyl/N-ethyl adjacent to an activating group) is 1. The Morgan fingerprint density at radius 3 is 2.28 bits per heavy atom. The van der Waals surface area contributed by atoms with Crippen molar-refractivity contribution in [3.8, 4) is 0 Å². The molecule has 0 heterocycles. The normalized spacial score (nSPS) is 13.2. The van der Waals surface area contributed by atoms with Crippen LogP contribution in [0.2, 0.25) is 0 Å². The molecule has 29 heavy (non-hydrogen) atoms. The van der Waals surface area contributed by atoms with E-state index >= 15 is 0 Å². The lowest BCUT2D eigenvalue weighted by atomic mass is 10.0. The number of rotatable bonds is 7. The van der Waals surface area contributed by atoms with E-state index < -0.39 is 29.7 Å². The van der Waals surface area contributed by atoms with Gasteiger partial charge in [-0.1, -0.05) is 30.9 Å². The number of hydrogen-bond acceptors (Lipinski definition) is 4. The second-order valence-corrected chi connectivity index (χ2v) is 8.26. The molecule has 7 heteroatoms. The fourth-order valence-corrected chi connectivity index (χ4v) is 2.75. The van der Waals surface area contributed by atoms with Gasteiger partial charge in [0.1, 0.15) is 17.7 Å². The summed E-state index contributed by atoms with van der Waals surface area (Å²) >= 11 is 0. The van der Waals surface area contributed by atoms with Crippen molar-refractivity contribution in [3.63, 3.8) is 0 Å². The minimum absolute atomic E-state index is 0.0894. The fraction of sp³-hybridized carbons (Fsp3) is 0.500. The van der Waals surface area contributed by atoms with Gasteiger partial charge in [0.05, 0.1) is 0 Å². The summed E-state index contributed by atoms with van der Waals surface area (Å²) < 4.78 is 5.20. The monoisotopic (exact) mass is 403 g/mol. The lowest BCUT2D eigenvalue weighted by molar-refractivity contribution is -0.140. The van der Waals surface area contributed by atoms with Crippen LogP contribution in [0.15, 0.2) is 30.8 Å². The van der Waals surface area contributed by atoms with Crippen LogP contribution in [0.25, 0.3) is 6.08 Å². The van der Waals surface area contributed by atoms with Crippen molar-refractivity contribution in [2.75, 3.05) is 7.05 Å². The molecule has 2 atom stereocenters. The van der Waals surface area contributed by atoms with Gasteiger partial charge in [-0.2, -0.15) is 0 Å². The standard InChI is InChI=1S/C22H33N3O4/c1-9-16-11-10-12-17(13-16)18(19(26)23-14(2)3)25(8)20(27)15(4)24-21(28)29-22(5,6)7/h9-15,18H,1H2,2-8H3,(H,23,26)(H,24,28). The highest BCUT2D eigenvalue weighted by Crippen LogP contribution is 2.22. The van der Waals surface area contributed by atoms with Gasteiger partial charge in [0.2, 0.25) is 11.8 Å². The number of benzene rings is 1. The first kappa shape index (κ1) is 24.2. The van der Waals surface area contributed by atoms with E-state index in [0.29, 0.717) is 5.56 Å². The van der Waals surface area contributed by atoms with Gasteiger partial charge >= 0.3 is 6.09 Å². The fourth-order valence-electron chi connectivity index (χ4n) is 2.75. The number of ether oxygens (including phenoxy) is 1. The van der Waals surface area contributed by atoms with Crippen LogP contribution in [0.1, 0.15) is 58.7 Å². The molecule has 0 fully saturated rings. The highest BCUT2D eigenvalue weighted by molar-refractivity contribution is 5.91. The van der Waals surface area contributed by atoms with E-state index in [-0.39, 0.29) is 11.9 Å². The quantitative estimate of drug-likeness (QED) is 0.731. The molecular weight excluding hydrogens is 370 g/mol. The van der Waals surface area contributed by atoms with Crippen LogP contribution in [-0.4, -0.2) is 47.5 Å². The van der Waals surface area contributed by atoms with Crippen LogP contribution in [0.5, 0.6) is 0 Å². The zero-order valence-electron chi connectivity index (χ0n) is 18.4. The Bertz CT molecular complexity index is 753. The Morgan fingerprint density at radius 1 is 1.14 bits per heavy atom. The third-order valence-electron chi connectivity index (χ3n) is 3.98. The molecule has 0 spiro atoms. The molecule has 160 valence electrons. The van der Waals surface area contributed by atoms with Gasteiger partial charge < -0.3 is 20.3 Å². The van der Waals surface area contributed by atoms with Crippen LogP contribution in [0.3, 0.4) is 0 Å². The second-order valence-electron chi connectivity index (χ2n) is 8.26. The van der Waals surface area contributed by atoms with Crippen molar-refractivity contribution < 1.29 is 19.1 Å². The zero-order chi connectivity index (χ0) is 22.4. The first-order valence-electron chi connectivity index (χ1n) is 9.64. The maximum atomic E-state index is 13.0. The predicted octanol–water partition coefficient (Wildman–Crippen LogP) is 3.27. The summed E-state index contributed by atoms with van der Waals surface area (Å²) in [6, 6.07) is 5.46. The van der Waals surface area contributed by atoms with Crippen molar-refractivity contribution in [1.82, 2.24) is 15.5 Å². The van der Waals surface area contributed by atoms with Crippen molar-refractivity contribution in [2.24, 2.45) is 0 Å². The maximum Gasteiger partial charge on any atom is 0.408 e. The number of carbonyl (C=O) groups is 3. The van der Waals surface area contributed by atoms with Crippen LogP contribution in [0, 0.1) is 0 Å². The summed E-state index contributed by atoms with van der Waals surface area (Å²) in [7, 11) is 1.54. The minimum Gasteiger partial charge on any atom is -0.444 e. The Labute approximate surface area is 173 Å². The van der Waals surface area contributed by atoms with Crippen molar-refractivity contribution in [3.05, 3.63) is 42.0 Å². The molecule has 0 saturated carbocycles. The lowest BCUT2D eigenvalue weighted by Crippen LogP contribution is -2.51. The molecule has 2 N–H and O–H groups in total. The molecule has 0 aliphatic rings. The molecule has 2 unspecified atom stereocenters. The van der Waals surface area contributed by atoms with E-state index in [9.17, 15) is 14.4 Å². The van der Waals surface area contributed by atoms with Crippen LogP contribution in [-0.2, 0) is 14.3 Å². The smallest absolute Gasteiger partial charge is 0.408 e. The second kappa shape index (κ2) is 10.1. The summed E-state index contributed by atoms with van der Waals surface area (Å²) in [5.41, 5.74) is 0.815. The Balaban J connectivity index is 3.10. The van der Waals surface area contributed by atoms with E-state index in [1.165, 1.54) is 4.90 Å². The third-order valence-corrected chi connectivity index (χ3v) is 3.98. The van der Waals surface area contributed by atoms with Gasteiger partial charge in [0, 0.05) is 13.1 Å². The topological polar surface area (TPSA) is 87.7 Å². The zero-order valence-corrected chi connectivity index (χ0v) is 18.4. The molecule has 0 aromatic heterocycles. The summed E-state index contributed by atoms with van der Waals surface area (Å²) in [5.74, 6) is -0.717. The van der Waals surface area contributed by atoms with Gasteiger partial charge in [0.25, 0.3) is 0 Å². The number of carbonyl (C=O) groups excluding carboxylic acids is 3. The summed E-state index contributed by atoms with van der Waals surface area (Å²) in [6.45, 7) is 14.2. The van der Waals surface area contributed by atoms with Crippen molar-refractivity contribution >= 4 is 24.0 Å². The van der Waals surface area contributed by atoms with Gasteiger partial charge in [-0.25, -0.2) is 4.79 Å². The Morgan fingerprint density at radius 2 is 1.76 bits per heavy atom. The molecule has 1 aromatic rings. The summed E-state index contributed by atoms with van der Waals surface area (Å²) in [5, 5.41) is 5.38. The van der Waals surface area contributed by atoms with E-state index in [0.717, 1.165) is 5.56 Å². The van der Waals surface area contributed by atoms with Gasteiger partial charge in [-0.3, -0.25) is 9.59 Å². The van der Waals surface area contributed by atoms with E-state index in [1.54, 1.807) is 46.9 Å². The van der Waals surface area contributed by atoms with E-state index in [1.807, 2.05) is 32.0 Å². The Kier molecular flexibility index (Phi) is 8.42. The molecule has 0 aliphatic carbocycles. The predicted molar refractivity (Wildman–Crippen MR) is 114 cm³/mol. The molecule has 0 bridgehead atoms. The average molecular weight is 404 g/mol. The first-order chi connectivity index (χ1) is 13.4. The van der Waals surface area contributed by atoms with Gasteiger partial charge in [0.15, 0.2) is 0 Å². The number of nitrogens with one attached hydrogen (secondary N) is 2. The van der Waals surface area contributed by atoms with Crippen LogP contribution < -0.4 is 10.6 Å². The largest absolute Gasteiger partial charge is 0.444 e. The molecule has 0 saturated heterocycles. The molecule has 3 amide bonds. The molecule has 0 radical (unpaired) electrons. The molecular formula is C22H33N3O4. The van der Waals surface area contributed by atoms with Gasteiger partial charge in [-0.05, 0) is 58.7 Å². The van der Waals surface area contributed by atoms with Crippen molar-refractivity contribution in [2.45, 2.75) is 65.3 Å². The van der Waals surface area contributed by atoms with E-state index in [4.69, 9.17) is 4.74 Å². The van der Waals surface area contributed by atoms with Gasteiger partial charge in [-0.15, -0.1) is 0 Å². The molecule has 1 aromatic carbocycles. The number of amides is 3. The molecule has 1 rings (SSSR count). The first-order valence-corrected chi connectivity index (χ1v) is 9.64. The highest BCUT2D eigenvalue weighted by Gasteiger charge is 2.32. The van der Waals surface area contributed by atoms with Crippen LogP contribution >= 0.6 is 0 Å². The summed E-state index contributed by atoms with van der Waals surface area (Å²) in [4.78, 5) is 39.2. The maximum absolute atomic E-state index is 13.0. The minimum atomic E-state index is -0.869. The summed E-state index contributed by atoms with van der Waals surface area (Å²) in [6.07, 6.45) is 0.985. The van der Waals surface area contributed by atoms with Crippen LogP contribution in [0.4, 0.5) is 4.79 Å². The van der Waals surface area contributed by atoms with Crippen molar-refractivity contribution in [1.29, 1.82) is 0 Å².